The molecule has 0 spiro atoms. The molecule has 2 aromatic rings. The Morgan fingerprint density at radius 2 is 1.93 bits per heavy atom. The maximum atomic E-state index is 12.8. The Kier molecular flexibility index (Phi) is 6.16. The van der Waals surface area contributed by atoms with Gasteiger partial charge in [-0.2, -0.15) is 0 Å². The molecule has 0 unspecified atom stereocenters. The van der Waals surface area contributed by atoms with E-state index in [0.29, 0.717) is 35.4 Å². The van der Waals surface area contributed by atoms with E-state index in [4.69, 9.17) is 11.6 Å². The zero-order valence-electron chi connectivity index (χ0n) is 15.7. The molecule has 27 heavy (non-hydrogen) atoms. The van der Waals surface area contributed by atoms with Crippen molar-refractivity contribution in [3.8, 4) is 0 Å². The first kappa shape index (κ1) is 19.4. The van der Waals surface area contributed by atoms with E-state index in [1.807, 2.05) is 4.57 Å². The molecule has 3 rings (SSSR count). The molecule has 0 saturated carbocycles. The summed E-state index contributed by atoms with van der Waals surface area (Å²) in [5, 5.41) is 6.36. The number of nitrogens with zero attached hydrogens (tertiary/aromatic N) is 2. The Hall–Kier alpha value is -2.34. The number of nitrogens with one attached hydrogen (secondary N) is 2. The van der Waals surface area contributed by atoms with Gasteiger partial charge in [0.1, 0.15) is 5.69 Å². The van der Waals surface area contributed by atoms with Crippen LogP contribution in [0.25, 0.3) is 0 Å². The van der Waals surface area contributed by atoms with E-state index in [2.05, 4.69) is 29.5 Å². The third-order valence-electron chi connectivity index (χ3n) is 4.65. The van der Waals surface area contributed by atoms with Crippen molar-refractivity contribution < 1.29 is 9.59 Å². The quantitative estimate of drug-likeness (QED) is 0.787. The summed E-state index contributed by atoms with van der Waals surface area (Å²) in [5.74, 6) is 0.282. The van der Waals surface area contributed by atoms with Gasteiger partial charge in [-0.1, -0.05) is 25.4 Å². The zero-order chi connectivity index (χ0) is 19.4. The highest BCUT2D eigenvalue weighted by molar-refractivity contribution is 6.30. The molecule has 0 bridgehead atoms. The number of halogens is 1. The normalized spacial score (nSPS) is 13.3. The van der Waals surface area contributed by atoms with E-state index in [9.17, 15) is 9.59 Å². The molecule has 0 fully saturated rings. The van der Waals surface area contributed by atoms with Gasteiger partial charge in [-0.3, -0.25) is 9.59 Å². The molecule has 2 amide bonds. The third-order valence-corrected chi connectivity index (χ3v) is 4.90. The van der Waals surface area contributed by atoms with Gasteiger partial charge in [-0.15, -0.1) is 0 Å². The number of hydrogen-bond donors (Lipinski definition) is 2. The number of imidazole rings is 1. The van der Waals surface area contributed by atoms with Crippen molar-refractivity contribution in [3.63, 3.8) is 0 Å². The van der Waals surface area contributed by atoms with Crippen LogP contribution in [0.1, 0.15) is 59.9 Å². The van der Waals surface area contributed by atoms with Crippen molar-refractivity contribution in [1.29, 1.82) is 0 Å². The lowest BCUT2D eigenvalue weighted by Crippen LogP contribution is -2.27. The highest BCUT2D eigenvalue weighted by Crippen LogP contribution is 2.22. The Labute approximate surface area is 164 Å². The van der Waals surface area contributed by atoms with Gasteiger partial charge in [0, 0.05) is 23.8 Å². The Bertz CT molecular complexity index is 827. The summed E-state index contributed by atoms with van der Waals surface area (Å²) in [5.41, 5.74) is 1.87. The van der Waals surface area contributed by atoms with Crippen molar-refractivity contribution in [2.75, 3.05) is 11.9 Å². The second kappa shape index (κ2) is 8.57. The van der Waals surface area contributed by atoms with Crippen LogP contribution in [0.2, 0.25) is 5.02 Å². The summed E-state index contributed by atoms with van der Waals surface area (Å²) in [6.07, 6.45) is 3.63. The minimum absolute atomic E-state index is 0.202. The van der Waals surface area contributed by atoms with Crippen LogP contribution in [0, 0.1) is 5.92 Å². The number of hydrogen-bond acceptors (Lipinski definition) is 3. The van der Waals surface area contributed by atoms with E-state index in [1.165, 1.54) is 0 Å². The number of aromatic nitrogens is 2. The number of benzene rings is 1. The summed E-state index contributed by atoms with van der Waals surface area (Å²) in [6, 6.07) is 6.90. The first-order valence-electron chi connectivity index (χ1n) is 9.40. The van der Waals surface area contributed by atoms with Crippen LogP contribution < -0.4 is 10.6 Å². The third kappa shape index (κ3) is 4.69. The molecule has 2 heterocycles. The average molecular weight is 389 g/mol. The molecule has 0 aliphatic carbocycles. The lowest BCUT2D eigenvalue weighted by atomic mass is 10.1. The maximum absolute atomic E-state index is 12.8. The predicted octanol–water partition coefficient (Wildman–Crippen LogP) is 3.90. The molecular formula is C20H25ClN4O2. The van der Waals surface area contributed by atoms with Crippen LogP contribution in [-0.2, 0) is 13.0 Å². The molecule has 6 nitrogen and oxygen atoms in total. The standard InChI is InChI=1S/C20H25ClN4O2/c1-13(2)10-11-22-19(26)17-16-5-3-4-12-25(16)18(24-17)20(27)23-15-8-6-14(21)7-9-15/h6-9,13H,3-5,10-12H2,1-2H3,(H,22,26)(H,23,27). The molecular weight excluding hydrogens is 364 g/mol. The fourth-order valence-electron chi connectivity index (χ4n) is 3.18. The molecule has 0 atom stereocenters. The first-order valence-corrected chi connectivity index (χ1v) is 9.78. The van der Waals surface area contributed by atoms with E-state index >= 15 is 0 Å². The van der Waals surface area contributed by atoms with E-state index in [1.54, 1.807) is 24.3 Å². The van der Waals surface area contributed by atoms with Gasteiger partial charge in [-0.05, 0) is 55.9 Å². The molecule has 1 aromatic heterocycles. The fourth-order valence-corrected chi connectivity index (χ4v) is 3.30. The van der Waals surface area contributed by atoms with Gasteiger partial charge in [0.2, 0.25) is 0 Å². The van der Waals surface area contributed by atoms with Gasteiger partial charge in [-0.25, -0.2) is 4.98 Å². The minimum atomic E-state index is -0.318. The highest BCUT2D eigenvalue weighted by Gasteiger charge is 2.27. The Morgan fingerprint density at radius 3 is 2.63 bits per heavy atom. The number of carbonyl (C=O) groups is 2. The number of amides is 2. The van der Waals surface area contributed by atoms with Gasteiger partial charge >= 0.3 is 0 Å². The van der Waals surface area contributed by atoms with Crippen molar-refractivity contribution in [1.82, 2.24) is 14.9 Å². The number of fused-ring (bicyclic) bond motifs is 1. The largest absolute Gasteiger partial charge is 0.351 e. The fraction of sp³-hybridized carbons (Fsp3) is 0.450. The van der Waals surface area contributed by atoms with E-state index in [-0.39, 0.29) is 17.6 Å². The van der Waals surface area contributed by atoms with Gasteiger partial charge < -0.3 is 15.2 Å². The molecule has 144 valence electrons. The summed E-state index contributed by atoms with van der Waals surface area (Å²) < 4.78 is 1.88. The van der Waals surface area contributed by atoms with Gasteiger partial charge in [0.15, 0.2) is 5.82 Å². The number of carbonyl (C=O) groups excluding carboxylic acids is 2. The van der Waals surface area contributed by atoms with Gasteiger partial charge in [0.05, 0.1) is 5.69 Å². The summed E-state index contributed by atoms with van der Waals surface area (Å²) in [6.45, 7) is 5.54. The maximum Gasteiger partial charge on any atom is 0.291 e. The molecule has 2 N–H and O–H groups in total. The van der Waals surface area contributed by atoms with Crippen LogP contribution in [0.15, 0.2) is 24.3 Å². The monoisotopic (exact) mass is 388 g/mol. The second-order valence-corrected chi connectivity index (χ2v) is 7.68. The van der Waals surface area contributed by atoms with E-state index < -0.39 is 0 Å². The molecule has 0 saturated heterocycles. The second-order valence-electron chi connectivity index (χ2n) is 7.24. The van der Waals surface area contributed by atoms with E-state index in [0.717, 1.165) is 31.4 Å². The van der Waals surface area contributed by atoms with Crippen LogP contribution in [-0.4, -0.2) is 27.9 Å². The van der Waals surface area contributed by atoms with Crippen LogP contribution in [0.3, 0.4) is 0 Å². The average Bonchev–Trinajstić information content (AvgIpc) is 3.03. The van der Waals surface area contributed by atoms with Crippen molar-refractivity contribution >= 4 is 29.1 Å². The number of rotatable bonds is 6. The molecule has 1 aromatic carbocycles. The zero-order valence-corrected chi connectivity index (χ0v) is 16.5. The summed E-state index contributed by atoms with van der Waals surface area (Å²) in [7, 11) is 0. The Morgan fingerprint density at radius 1 is 1.19 bits per heavy atom. The highest BCUT2D eigenvalue weighted by atomic mass is 35.5. The van der Waals surface area contributed by atoms with Crippen molar-refractivity contribution in [3.05, 3.63) is 46.5 Å². The van der Waals surface area contributed by atoms with Crippen molar-refractivity contribution in [2.45, 2.75) is 46.1 Å². The summed E-state index contributed by atoms with van der Waals surface area (Å²) in [4.78, 5) is 29.8. The predicted molar refractivity (Wildman–Crippen MR) is 106 cm³/mol. The SMILES string of the molecule is CC(C)CCNC(=O)c1nc(C(=O)Nc2ccc(Cl)cc2)n2c1CCCC2. The summed E-state index contributed by atoms with van der Waals surface area (Å²) >= 11 is 5.89. The Balaban J connectivity index is 1.80. The lowest BCUT2D eigenvalue weighted by molar-refractivity contribution is 0.0946. The van der Waals surface area contributed by atoms with Crippen LogP contribution >= 0.6 is 11.6 Å². The van der Waals surface area contributed by atoms with Crippen molar-refractivity contribution in [2.24, 2.45) is 5.92 Å². The smallest absolute Gasteiger partial charge is 0.291 e. The van der Waals surface area contributed by atoms with Gasteiger partial charge in [0.25, 0.3) is 11.8 Å². The minimum Gasteiger partial charge on any atom is -0.351 e. The molecule has 0 radical (unpaired) electrons. The number of anilines is 1. The van der Waals surface area contributed by atoms with Crippen LogP contribution in [0.4, 0.5) is 5.69 Å². The topological polar surface area (TPSA) is 76.0 Å². The van der Waals surface area contributed by atoms with Crippen LogP contribution in [0.5, 0.6) is 0 Å². The molecule has 1 aliphatic rings. The molecule has 1 aliphatic heterocycles. The molecule has 7 heteroatoms. The lowest BCUT2D eigenvalue weighted by Gasteiger charge is -2.17. The first-order chi connectivity index (χ1) is 13.0.